The van der Waals surface area contributed by atoms with Crippen LogP contribution in [-0.2, 0) is 6.54 Å². The van der Waals surface area contributed by atoms with Crippen molar-refractivity contribution in [1.82, 2.24) is 4.98 Å². The Morgan fingerprint density at radius 2 is 1.94 bits per heavy atom. The molecule has 2 N–H and O–H groups in total. The number of aromatic nitrogens is 1. The molecule has 0 aliphatic carbocycles. The van der Waals surface area contributed by atoms with Gasteiger partial charge in [0.15, 0.2) is 0 Å². The highest BCUT2D eigenvalue weighted by molar-refractivity contribution is 5.45. The van der Waals surface area contributed by atoms with E-state index in [0.29, 0.717) is 0 Å². The Kier molecular flexibility index (Phi) is 3.05. The molecule has 2 aromatic rings. The summed E-state index contributed by atoms with van der Waals surface area (Å²) >= 11 is 0. The highest BCUT2D eigenvalue weighted by Crippen LogP contribution is 2.14. The van der Waals surface area contributed by atoms with E-state index in [1.54, 1.807) is 6.20 Å². The van der Waals surface area contributed by atoms with Gasteiger partial charge in [0.25, 0.3) is 0 Å². The van der Waals surface area contributed by atoms with Crippen molar-refractivity contribution in [2.45, 2.75) is 6.54 Å². The van der Waals surface area contributed by atoms with Gasteiger partial charge in [-0.2, -0.15) is 0 Å². The Bertz CT molecular complexity index is 436. The summed E-state index contributed by atoms with van der Waals surface area (Å²) in [6.07, 6.45) is 3.64. The van der Waals surface area contributed by atoms with Gasteiger partial charge in [0, 0.05) is 25.5 Å². The first-order valence-corrected chi connectivity index (χ1v) is 5.21. The van der Waals surface area contributed by atoms with Crippen molar-refractivity contribution in [2.75, 3.05) is 17.7 Å². The van der Waals surface area contributed by atoms with Gasteiger partial charge in [0.2, 0.25) is 0 Å². The zero-order valence-corrected chi connectivity index (χ0v) is 9.30. The maximum Gasteiger partial charge on any atom is 0.0553 e. The van der Waals surface area contributed by atoms with Gasteiger partial charge >= 0.3 is 0 Å². The van der Waals surface area contributed by atoms with Gasteiger partial charge in [0.05, 0.1) is 11.9 Å². The summed E-state index contributed by atoms with van der Waals surface area (Å²) in [6, 6.07) is 11.9. The molecule has 0 atom stereocenters. The second kappa shape index (κ2) is 4.66. The van der Waals surface area contributed by atoms with Crippen LogP contribution in [0, 0.1) is 0 Å². The van der Waals surface area contributed by atoms with Crippen molar-refractivity contribution in [3.8, 4) is 0 Å². The second-order valence-electron chi connectivity index (χ2n) is 3.81. The monoisotopic (exact) mass is 213 g/mol. The largest absolute Gasteiger partial charge is 0.399 e. The van der Waals surface area contributed by atoms with Crippen molar-refractivity contribution in [3.05, 3.63) is 54.4 Å². The third-order valence-corrected chi connectivity index (χ3v) is 2.49. The molecule has 0 fully saturated rings. The summed E-state index contributed by atoms with van der Waals surface area (Å²) in [6.45, 7) is 0.853. The van der Waals surface area contributed by atoms with E-state index in [2.05, 4.69) is 9.88 Å². The van der Waals surface area contributed by atoms with Crippen LogP contribution in [0.4, 0.5) is 11.4 Å². The van der Waals surface area contributed by atoms with Crippen LogP contribution in [0.1, 0.15) is 5.56 Å². The number of nitrogen functional groups attached to an aromatic ring is 1. The van der Waals surface area contributed by atoms with Crippen LogP contribution >= 0.6 is 0 Å². The minimum absolute atomic E-state index is 0.799. The zero-order valence-electron chi connectivity index (χ0n) is 9.30. The summed E-state index contributed by atoms with van der Waals surface area (Å²) < 4.78 is 0. The van der Waals surface area contributed by atoms with E-state index in [9.17, 15) is 0 Å². The summed E-state index contributed by atoms with van der Waals surface area (Å²) in [4.78, 5) is 6.25. The number of rotatable bonds is 3. The molecule has 3 nitrogen and oxygen atoms in total. The van der Waals surface area contributed by atoms with Gasteiger partial charge in [0.1, 0.15) is 0 Å². The molecule has 1 heterocycles. The Morgan fingerprint density at radius 3 is 2.56 bits per heavy atom. The summed E-state index contributed by atoms with van der Waals surface area (Å²) in [5.41, 5.74) is 8.79. The lowest BCUT2D eigenvalue weighted by molar-refractivity contribution is 0.918. The van der Waals surface area contributed by atoms with Crippen molar-refractivity contribution in [2.24, 2.45) is 0 Å². The smallest absolute Gasteiger partial charge is 0.0553 e. The number of nitrogens with two attached hydrogens (primary N) is 1. The van der Waals surface area contributed by atoms with Crippen LogP contribution in [-0.4, -0.2) is 12.0 Å². The van der Waals surface area contributed by atoms with Crippen molar-refractivity contribution in [3.63, 3.8) is 0 Å². The number of pyridine rings is 1. The third kappa shape index (κ3) is 2.51. The Morgan fingerprint density at radius 1 is 1.19 bits per heavy atom. The predicted molar refractivity (Wildman–Crippen MR) is 67.2 cm³/mol. The van der Waals surface area contributed by atoms with Crippen molar-refractivity contribution in [1.29, 1.82) is 0 Å². The van der Waals surface area contributed by atoms with E-state index in [-0.39, 0.29) is 0 Å². The van der Waals surface area contributed by atoms with Crippen LogP contribution in [0.5, 0.6) is 0 Å². The first-order chi connectivity index (χ1) is 7.75. The molecule has 0 bridgehead atoms. The average Bonchev–Trinajstić information content (AvgIpc) is 2.33. The van der Waals surface area contributed by atoms with Gasteiger partial charge < -0.3 is 10.6 Å². The number of hydrogen-bond donors (Lipinski definition) is 1. The number of anilines is 2. The summed E-state index contributed by atoms with van der Waals surface area (Å²) in [5.74, 6) is 0. The molecule has 2 rings (SSSR count). The molecule has 0 saturated carbocycles. The van der Waals surface area contributed by atoms with Gasteiger partial charge in [-0.05, 0) is 29.8 Å². The van der Waals surface area contributed by atoms with Gasteiger partial charge in [-0.3, -0.25) is 4.98 Å². The van der Waals surface area contributed by atoms with Crippen LogP contribution in [0.25, 0.3) is 0 Å². The van der Waals surface area contributed by atoms with E-state index in [1.807, 2.05) is 49.6 Å². The highest BCUT2D eigenvalue weighted by Gasteiger charge is 2.01. The number of nitrogens with zero attached hydrogens (tertiary/aromatic N) is 2. The van der Waals surface area contributed by atoms with E-state index in [1.165, 1.54) is 5.56 Å². The first-order valence-electron chi connectivity index (χ1n) is 5.21. The van der Waals surface area contributed by atoms with Gasteiger partial charge in [-0.1, -0.05) is 12.1 Å². The Hall–Kier alpha value is -2.03. The van der Waals surface area contributed by atoms with Gasteiger partial charge in [-0.25, -0.2) is 0 Å². The maximum absolute atomic E-state index is 5.64. The fraction of sp³-hybridized carbons (Fsp3) is 0.154. The lowest BCUT2D eigenvalue weighted by Gasteiger charge is -2.18. The standard InChI is InChI=1S/C13H15N3/c1-16(13-3-2-8-15-9-13)10-11-4-6-12(14)7-5-11/h2-9H,10,14H2,1H3. The van der Waals surface area contributed by atoms with E-state index in [0.717, 1.165) is 17.9 Å². The number of benzene rings is 1. The van der Waals surface area contributed by atoms with E-state index >= 15 is 0 Å². The minimum atomic E-state index is 0.799. The molecule has 82 valence electrons. The van der Waals surface area contributed by atoms with Crippen molar-refractivity contribution < 1.29 is 0 Å². The molecular weight excluding hydrogens is 198 g/mol. The Balaban J connectivity index is 2.08. The van der Waals surface area contributed by atoms with E-state index in [4.69, 9.17) is 5.73 Å². The SMILES string of the molecule is CN(Cc1ccc(N)cc1)c1cccnc1. The Labute approximate surface area is 95.5 Å². The quantitative estimate of drug-likeness (QED) is 0.795. The molecule has 3 heteroatoms. The van der Waals surface area contributed by atoms with Crippen LogP contribution in [0.2, 0.25) is 0 Å². The molecule has 0 spiro atoms. The van der Waals surface area contributed by atoms with Crippen LogP contribution in [0.3, 0.4) is 0 Å². The fourth-order valence-electron chi connectivity index (χ4n) is 1.57. The lowest BCUT2D eigenvalue weighted by atomic mass is 10.2. The topological polar surface area (TPSA) is 42.1 Å². The zero-order chi connectivity index (χ0) is 11.4. The second-order valence-corrected chi connectivity index (χ2v) is 3.81. The molecule has 0 unspecified atom stereocenters. The lowest BCUT2D eigenvalue weighted by Crippen LogP contribution is -2.16. The molecule has 1 aromatic heterocycles. The number of hydrogen-bond acceptors (Lipinski definition) is 3. The molecule has 0 saturated heterocycles. The highest BCUT2D eigenvalue weighted by atomic mass is 15.1. The van der Waals surface area contributed by atoms with E-state index < -0.39 is 0 Å². The first kappa shape index (κ1) is 10.5. The van der Waals surface area contributed by atoms with Crippen molar-refractivity contribution >= 4 is 11.4 Å². The van der Waals surface area contributed by atoms with Crippen LogP contribution < -0.4 is 10.6 Å². The summed E-state index contributed by atoms with van der Waals surface area (Å²) in [5, 5.41) is 0. The fourth-order valence-corrected chi connectivity index (χ4v) is 1.57. The molecule has 0 aliphatic heterocycles. The molecule has 0 amide bonds. The molecule has 0 aliphatic rings. The molecule has 16 heavy (non-hydrogen) atoms. The average molecular weight is 213 g/mol. The third-order valence-electron chi connectivity index (χ3n) is 2.49. The van der Waals surface area contributed by atoms with Gasteiger partial charge in [-0.15, -0.1) is 0 Å². The predicted octanol–water partition coefficient (Wildman–Crippen LogP) is 2.30. The molecular formula is C13H15N3. The maximum atomic E-state index is 5.64. The van der Waals surface area contributed by atoms with Crippen LogP contribution in [0.15, 0.2) is 48.8 Å². The molecule has 1 aromatic carbocycles. The molecule has 0 radical (unpaired) electrons. The summed E-state index contributed by atoms with van der Waals surface area (Å²) in [7, 11) is 2.05. The minimum Gasteiger partial charge on any atom is -0.399 e. The normalized spacial score (nSPS) is 10.1.